The highest BCUT2D eigenvalue weighted by molar-refractivity contribution is 5.90. The molecule has 0 bridgehead atoms. The van der Waals surface area contributed by atoms with Gasteiger partial charge in [-0.05, 0) is 127 Å². The molecule has 44 heavy (non-hydrogen) atoms. The molecule has 0 unspecified atom stereocenters. The molecule has 0 aliphatic heterocycles. The van der Waals surface area contributed by atoms with Gasteiger partial charge in [0, 0.05) is 2.85 Å². The van der Waals surface area contributed by atoms with Crippen molar-refractivity contribution in [2.24, 2.45) is 51.2 Å². The standard InChI is InChI=1S/C38H50N2O4.2H2/c1-23(2)26-14-20-38(34(43)40-39-22-41)21-16-29-27(32(26)38)12-13-31-36(29,5)19-17-30-35(3,4)28(15-18-37(30,31)6)24-8-10-25(11-9-24)33(42)44-7;;/h8-11,15-16,22,26-27,30-32H,1,12-14,17-21H2,2-7H3,(H,39,41)(H,40,43);2*1H/t26-,27-,30-,31-,32+,36-,37-,38-;;/m0../s1. The van der Waals surface area contributed by atoms with Crippen LogP contribution in [-0.2, 0) is 14.3 Å². The van der Waals surface area contributed by atoms with E-state index < -0.39 is 5.41 Å². The Balaban J connectivity index is 0.00000240. The van der Waals surface area contributed by atoms with Crippen LogP contribution in [0.4, 0.5) is 0 Å². The Labute approximate surface area is 266 Å². The average molecular weight is 603 g/mol. The van der Waals surface area contributed by atoms with Crippen LogP contribution in [0.15, 0.2) is 54.1 Å². The van der Waals surface area contributed by atoms with E-state index in [1.54, 1.807) is 5.57 Å². The van der Waals surface area contributed by atoms with Gasteiger partial charge in [0.1, 0.15) is 0 Å². The highest BCUT2D eigenvalue weighted by Gasteiger charge is 2.65. The van der Waals surface area contributed by atoms with Gasteiger partial charge >= 0.3 is 5.97 Å². The maximum atomic E-state index is 13.7. The van der Waals surface area contributed by atoms with Gasteiger partial charge in [-0.25, -0.2) is 4.79 Å². The van der Waals surface area contributed by atoms with Crippen molar-refractivity contribution in [3.63, 3.8) is 0 Å². The van der Waals surface area contributed by atoms with E-state index in [4.69, 9.17) is 4.74 Å². The van der Waals surface area contributed by atoms with Gasteiger partial charge < -0.3 is 4.74 Å². The van der Waals surface area contributed by atoms with Crippen LogP contribution in [0.5, 0.6) is 0 Å². The maximum absolute atomic E-state index is 13.7. The fourth-order valence-corrected chi connectivity index (χ4v) is 11.7. The lowest BCUT2D eigenvalue weighted by Crippen LogP contribution is -2.59. The molecule has 2 N–H and O–H groups in total. The third-order valence-corrected chi connectivity index (χ3v) is 13.5. The van der Waals surface area contributed by atoms with Gasteiger partial charge in [-0.2, -0.15) is 0 Å². The first-order valence-corrected chi connectivity index (χ1v) is 16.6. The SMILES string of the molecule is C=C(C)[C@@H]1CC[C@]2(C(=O)NNC=O)CC=C3[C@H](CC[C@@H]4[C@@]5(C)CC=C(c6ccc(C(=O)OC)cc6)C(C)(C)[C@@H]5CC[C@@]34C)[C@@H]12.[HH].[HH]. The predicted molar refractivity (Wildman–Crippen MR) is 177 cm³/mol. The smallest absolute Gasteiger partial charge is 0.337 e. The summed E-state index contributed by atoms with van der Waals surface area (Å²) in [7, 11) is 1.42. The number of allylic oxidation sites excluding steroid dienone is 5. The Hall–Kier alpha value is -3.15. The van der Waals surface area contributed by atoms with Crippen LogP contribution in [-0.4, -0.2) is 25.4 Å². The van der Waals surface area contributed by atoms with Gasteiger partial charge in [-0.1, -0.05) is 69.7 Å². The Kier molecular flexibility index (Phi) is 7.53. The van der Waals surface area contributed by atoms with Crippen molar-refractivity contribution in [2.75, 3.05) is 7.11 Å². The number of hydrogen-bond donors (Lipinski definition) is 2. The lowest BCUT2D eigenvalue weighted by Gasteiger charge is -2.66. The average Bonchev–Trinajstić information content (AvgIpc) is 3.41. The van der Waals surface area contributed by atoms with Gasteiger partial charge in [0.2, 0.25) is 12.3 Å². The normalized spacial score (nSPS) is 38.4. The minimum Gasteiger partial charge on any atom is -0.465 e. The van der Waals surface area contributed by atoms with Gasteiger partial charge in [0.05, 0.1) is 18.1 Å². The summed E-state index contributed by atoms with van der Waals surface area (Å²) >= 11 is 0. The van der Waals surface area contributed by atoms with Gasteiger partial charge in [-0.15, -0.1) is 0 Å². The number of rotatable bonds is 6. The number of benzene rings is 1. The van der Waals surface area contributed by atoms with Gasteiger partial charge in [-0.3, -0.25) is 20.4 Å². The number of carbonyl (C=O) groups is 3. The lowest BCUT2D eigenvalue weighted by molar-refractivity contribution is -0.140. The number of carbonyl (C=O) groups excluding carboxylic acids is 3. The van der Waals surface area contributed by atoms with E-state index in [1.165, 1.54) is 36.7 Å². The summed E-state index contributed by atoms with van der Waals surface area (Å²) in [6.07, 6.45) is 13.7. The van der Waals surface area contributed by atoms with Crippen LogP contribution < -0.4 is 10.9 Å². The van der Waals surface area contributed by atoms with E-state index in [0.29, 0.717) is 35.6 Å². The summed E-state index contributed by atoms with van der Waals surface area (Å²) in [6, 6.07) is 7.94. The zero-order valence-electron chi connectivity index (χ0n) is 27.4. The Morgan fingerprint density at radius 2 is 1.70 bits per heavy atom. The van der Waals surface area contributed by atoms with Crippen LogP contribution in [0.3, 0.4) is 0 Å². The van der Waals surface area contributed by atoms with E-state index in [-0.39, 0.29) is 36.9 Å². The number of hydrazine groups is 1. The van der Waals surface area contributed by atoms with Gasteiger partial charge in [0.25, 0.3) is 0 Å². The minimum atomic E-state index is -0.494. The second-order valence-electron chi connectivity index (χ2n) is 15.6. The Morgan fingerprint density at radius 1 is 0.977 bits per heavy atom. The summed E-state index contributed by atoms with van der Waals surface area (Å²) in [5.74, 6) is 1.68. The number of hydrogen-bond acceptors (Lipinski definition) is 4. The molecule has 0 spiro atoms. The van der Waals surface area contributed by atoms with E-state index in [1.807, 2.05) is 12.1 Å². The van der Waals surface area contributed by atoms with Crippen molar-refractivity contribution in [3.05, 3.63) is 65.3 Å². The van der Waals surface area contributed by atoms with E-state index in [2.05, 4.69) is 76.3 Å². The van der Waals surface area contributed by atoms with Crippen LogP contribution in [0.1, 0.15) is 105 Å². The topological polar surface area (TPSA) is 84.5 Å². The van der Waals surface area contributed by atoms with Gasteiger partial charge in [0.15, 0.2) is 0 Å². The summed E-state index contributed by atoms with van der Waals surface area (Å²) in [6.45, 7) is 16.5. The van der Waals surface area contributed by atoms with E-state index in [9.17, 15) is 14.4 Å². The molecule has 6 nitrogen and oxygen atoms in total. The highest BCUT2D eigenvalue weighted by atomic mass is 16.5. The molecule has 0 radical (unpaired) electrons. The van der Waals surface area contributed by atoms with E-state index >= 15 is 0 Å². The number of amides is 2. The molecule has 5 aliphatic rings. The van der Waals surface area contributed by atoms with Crippen LogP contribution >= 0.6 is 0 Å². The first kappa shape index (κ1) is 30.9. The Bertz CT molecular complexity index is 1450. The molecule has 5 aliphatic carbocycles. The molecule has 0 heterocycles. The third kappa shape index (κ3) is 4.29. The number of esters is 1. The summed E-state index contributed by atoms with van der Waals surface area (Å²) in [4.78, 5) is 36.8. The fraction of sp³-hybridized carbons (Fsp3) is 0.605. The molecule has 2 amide bonds. The summed E-state index contributed by atoms with van der Waals surface area (Å²) in [5, 5.41) is 0. The van der Waals surface area contributed by atoms with Crippen molar-refractivity contribution in [2.45, 2.75) is 86.0 Å². The quantitative estimate of drug-likeness (QED) is 0.150. The fourth-order valence-electron chi connectivity index (χ4n) is 11.7. The summed E-state index contributed by atoms with van der Waals surface area (Å²) < 4.78 is 4.92. The number of nitrogens with one attached hydrogen (secondary N) is 2. The van der Waals surface area contributed by atoms with Crippen molar-refractivity contribution in [3.8, 4) is 0 Å². The molecular formula is C38H54N2O4. The zero-order chi connectivity index (χ0) is 31.7. The highest BCUT2D eigenvalue weighted by Crippen LogP contribution is 2.73. The third-order valence-electron chi connectivity index (χ3n) is 13.5. The molecule has 0 saturated heterocycles. The predicted octanol–water partition coefficient (Wildman–Crippen LogP) is 7.92. The van der Waals surface area contributed by atoms with Crippen LogP contribution in [0.2, 0.25) is 0 Å². The lowest BCUT2D eigenvalue weighted by atomic mass is 9.38. The van der Waals surface area contributed by atoms with E-state index in [0.717, 1.165) is 38.5 Å². The molecule has 6 rings (SSSR count). The number of fused-ring (bicyclic) bond motifs is 7. The first-order valence-electron chi connectivity index (χ1n) is 16.6. The van der Waals surface area contributed by atoms with Crippen molar-refractivity contribution in [1.29, 1.82) is 0 Å². The zero-order valence-corrected chi connectivity index (χ0v) is 27.4. The summed E-state index contributed by atoms with van der Waals surface area (Å²) in [5.41, 5.74) is 10.9. The molecule has 3 saturated carbocycles. The molecular weight excluding hydrogens is 548 g/mol. The van der Waals surface area contributed by atoms with Crippen molar-refractivity contribution < 1.29 is 22.0 Å². The molecule has 6 heteroatoms. The van der Waals surface area contributed by atoms with Crippen LogP contribution in [0.25, 0.3) is 5.57 Å². The molecule has 240 valence electrons. The Morgan fingerprint density at radius 3 is 2.36 bits per heavy atom. The second-order valence-corrected chi connectivity index (χ2v) is 15.6. The second kappa shape index (κ2) is 10.7. The monoisotopic (exact) mass is 602 g/mol. The molecule has 3 fully saturated rings. The number of methoxy groups -OCH3 is 1. The maximum Gasteiger partial charge on any atom is 0.337 e. The first-order chi connectivity index (χ1) is 20.8. The van der Waals surface area contributed by atoms with Crippen LogP contribution in [0, 0.1) is 51.2 Å². The number of ether oxygens (including phenoxy) is 1. The van der Waals surface area contributed by atoms with Crippen molar-refractivity contribution in [1.82, 2.24) is 10.9 Å². The molecule has 8 atom stereocenters. The molecule has 1 aromatic carbocycles. The molecule has 1 aromatic rings. The largest absolute Gasteiger partial charge is 0.465 e. The molecule has 0 aromatic heterocycles. The van der Waals surface area contributed by atoms with Crippen molar-refractivity contribution >= 4 is 23.9 Å². The minimum absolute atomic E-state index is 0.